The van der Waals surface area contributed by atoms with Crippen molar-refractivity contribution in [2.24, 2.45) is 5.92 Å². The van der Waals surface area contributed by atoms with Gasteiger partial charge in [0.05, 0.1) is 6.73 Å². The van der Waals surface area contributed by atoms with Crippen molar-refractivity contribution in [1.29, 1.82) is 0 Å². The highest BCUT2D eigenvalue weighted by Gasteiger charge is 2.07. The van der Waals surface area contributed by atoms with Crippen LogP contribution in [0.25, 0.3) is 0 Å². The molecule has 0 saturated carbocycles. The van der Waals surface area contributed by atoms with E-state index in [1.165, 1.54) is 6.42 Å². The molecule has 0 amide bonds. The van der Waals surface area contributed by atoms with Crippen LogP contribution < -0.4 is 0 Å². The zero-order valence-electron chi connectivity index (χ0n) is 8.17. The molecule has 0 atom stereocenters. The Kier molecular flexibility index (Phi) is 5.51. The monoisotopic (exact) mass is 159 g/mol. The van der Waals surface area contributed by atoms with Crippen molar-refractivity contribution in [2.45, 2.75) is 40.2 Å². The summed E-state index contributed by atoms with van der Waals surface area (Å²) in [7, 11) is 0. The molecule has 0 heterocycles. The largest absolute Gasteiger partial charge is 0.381 e. The second kappa shape index (κ2) is 5.56. The lowest BCUT2D eigenvalue weighted by Crippen LogP contribution is -2.33. The fraction of sp³-hybridized carbons (Fsp3) is 1.00. The lowest BCUT2D eigenvalue weighted by molar-refractivity contribution is 0.0762. The molecule has 2 heteroatoms. The van der Waals surface area contributed by atoms with Crippen LogP contribution in [0.3, 0.4) is 0 Å². The zero-order valence-corrected chi connectivity index (χ0v) is 8.17. The maximum absolute atomic E-state index is 8.94. The molecule has 0 aromatic heterocycles. The van der Waals surface area contributed by atoms with Crippen LogP contribution in [0.5, 0.6) is 0 Å². The van der Waals surface area contributed by atoms with Gasteiger partial charge in [-0.3, -0.25) is 4.90 Å². The lowest BCUT2D eigenvalue weighted by atomic mass is 10.1. The molecule has 0 fully saturated rings. The molecule has 0 rings (SSSR count). The molecule has 0 spiro atoms. The molecule has 0 saturated heterocycles. The number of hydrogen-bond donors (Lipinski definition) is 1. The molecule has 68 valence electrons. The Bertz CT molecular complexity index is 91.6. The van der Waals surface area contributed by atoms with E-state index in [0.29, 0.717) is 6.04 Å². The molecule has 0 aromatic rings. The Morgan fingerprint density at radius 1 is 1.18 bits per heavy atom. The summed E-state index contributed by atoms with van der Waals surface area (Å²) in [5.74, 6) is 0.725. The second-order valence-electron chi connectivity index (χ2n) is 3.73. The van der Waals surface area contributed by atoms with Crippen molar-refractivity contribution >= 4 is 0 Å². The lowest BCUT2D eigenvalue weighted by Gasteiger charge is -2.24. The van der Waals surface area contributed by atoms with Crippen molar-refractivity contribution in [3.8, 4) is 0 Å². The van der Waals surface area contributed by atoms with Crippen LogP contribution in [-0.2, 0) is 0 Å². The quantitative estimate of drug-likeness (QED) is 0.617. The van der Waals surface area contributed by atoms with E-state index >= 15 is 0 Å². The molecule has 0 unspecified atom stereocenters. The van der Waals surface area contributed by atoms with E-state index in [-0.39, 0.29) is 6.73 Å². The van der Waals surface area contributed by atoms with Crippen molar-refractivity contribution < 1.29 is 5.11 Å². The Morgan fingerprint density at radius 2 is 1.73 bits per heavy atom. The maximum atomic E-state index is 8.94. The second-order valence-corrected chi connectivity index (χ2v) is 3.73. The first-order valence-corrected chi connectivity index (χ1v) is 4.42. The summed E-state index contributed by atoms with van der Waals surface area (Å²) in [5.41, 5.74) is 0. The summed E-state index contributed by atoms with van der Waals surface area (Å²) in [6.07, 6.45) is 1.17. The molecule has 0 aromatic carbocycles. The van der Waals surface area contributed by atoms with E-state index in [1.807, 2.05) is 0 Å². The van der Waals surface area contributed by atoms with Crippen LogP contribution in [0, 0.1) is 5.92 Å². The fourth-order valence-electron chi connectivity index (χ4n) is 0.916. The minimum Gasteiger partial charge on any atom is -0.381 e. The Labute approximate surface area is 70.2 Å². The number of aliphatic hydroxyl groups is 1. The number of hydrogen-bond acceptors (Lipinski definition) is 2. The molecule has 0 aliphatic carbocycles. The first-order chi connectivity index (χ1) is 5.07. The van der Waals surface area contributed by atoms with Crippen molar-refractivity contribution in [1.82, 2.24) is 4.90 Å². The van der Waals surface area contributed by atoms with Gasteiger partial charge in [0.2, 0.25) is 0 Å². The molecule has 2 nitrogen and oxygen atoms in total. The molecular weight excluding hydrogens is 138 g/mol. The highest BCUT2D eigenvalue weighted by molar-refractivity contribution is 4.59. The summed E-state index contributed by atoms with van der Waals surface area (Å²) in [4.78, 5) is 2.07. The Morgan fingerprint density at radius 3 is 2.00 bits per heavy atom. The minimum atomic E-state index is 0.185. The van der Waals surface area contributed by atoms with Gasteiger partial charge in [-0.2, -0.15) is 0 Å². The van der Waals surface area contributed by atoms with Gasteiger partial charge in [0.1, 0.15) is 0 Å². The predicted molar refractivity (Wildman–Crippen MR) is 48.4 cm³/mol. The maximum Gasteiger partial charge on any atom is 0.0958 e. The third-order valence-electron chi connectivity index (χ3n) is 1.91. The summed E-state index contributed by atoms with van der Waals surface area (Å²) in [5, 5.41) is 8.94. The summed E-state index contributed by atoms with van der Waals surface area (Å²) in [6.45, 7) is 9.81. The average Bonchev–Trinajstić information content (AvgIpc) is 1.87. The van der Waals surface area contributed by atoms with Gasteiger partial charge in [-0.15, -0.1) is 0 Å². The smallest absolute Gasteiger partial charge is 0.0958 e. The van der Waals surface area contributed by atoms with Gasteiger partial charge < -0.3 is 5.11 Å². The minimum absolute atomic E-state index is 0.185. The SMILES string of the molecule is CC(C)CCN(CO)C(C)C. The topological polar surface area (TPSA) is 23.5 Å². The molecule has 1 N–H and O–H groups in total. The Hall–Kier alpha value is -0.0800. The third-order valence-corrected chi connectivity index (χ3v) is 1.91. The predicted octanol–water partition coefficient (Wildman–Crippen LogP) is 1.69. The van der Waals surface area contributed by atoms with Crippen molar-refractivity contribution in [3.63, 3.8) is 0 Å². The van der Waals surface area contributed by atoms with Crippen LogP contribution >= 0.6 is 0 Å². The van der Waals surface area contributed by atoms with E-state index in [1.54, 1.807) is 0 Å². The number of rotatable bonds is 5. The van der Waals surface area contributed by atoms with Gasteiger partial charge in [-0.1, -0.05) is 13.8 Å². The summed E-state index contributed by atoms with van der Waals surface area (Å²) < 4.78 is 0. The number of aliphatic hydroxyl groups excluding tert-OH is 1. The van der Waals surface area contributed by atoms with Gasteiger partial charge in [0.15, 0.2) is 0 Å². The summed E-state index contributed by atoms with van der Waals surface area (Å²) >= 11 is 0. The van der Waals surface area contributed by atoms with E-state index < -0.39 is 0 Å². The molecule has 0 aliphatic rings. The summed E-state index contributed by atoms with van der Waals surface area (Å²) in [6, 6.07) is 0.457. The Balaban J connectivity index is 3.52. The molecular formula is C9H21NO. The average molecular weight is 159 g/mol. The molecule has 0 bridgehead atoms. The normalized spacial score (nSPS) is 12.0. The molecule has 11 heavy (non-hydrogen) atoms. The first kappa shape index (κ1) is 10.9. The van der Waals surface area contributed by atoms with E-state index in [4.69, 9.17) is 5.11 Å². The third kappa shape index (κ3) is 5.22. The molecule has 0 radical (unpaired) electrons. The van der Waals surface area contributed by atoms with Gasteiger partial charge >= 0.3 is 0 Å². The van der Waals surface area contributed by atoms with E-state index in [2.05, 4.69) is 32.6 Å². The van der Waals surface area contributed by atoms with Crippen LogP contribution in [0.1, 0.15) is 34.1 Å². The van der Waals surface area contributed by atoms with Crippen molar-refractivity contribution in [3.05, 3.63) is 0 Å². The van der Waals surface area contributed by atoms with Crippen LogP contribution in [0.4, 0.5) is 0 Å². The highest BCUT2D eigenvalue weighted by Crippen LogP contribution is 2.04. The van der Waals surface area contributed by atoms with Crippen LogP contribution in [-0.4, -0.2) is 29.3 Å². The van der Waals surface area contributed by atoms with E-state index in [9.17, 15) is 0 Å². The fourth-order valence-corrected chi connectivity index (χ4v) is 0.916. The zero-order chi connectivity index (χ0) is 8.85. The van der Waals surface area contributed by atoms with Gasteiger partial charge in [-0.05, 0) is 26.2 Å². The van der Waals surface area contributed by atoms with Crippen LogP contribution in [0.2, 0.25) is 0 Å². The van der Waals surface area contributed by atoms with E-state index in [0.717, 1.165) is 12.5 Å². The van der Waals surface area contributed by atoms with Crippen LogP contribution in [0.15, 0.2) is 0 Å². The van der Waals surface area contributed by atoms with Crippen molar-refractivity contribution in [2.75, 3.05) is 13.3 Å². The number of nitrogens with zero attached hydrogens (tertiary/aromatic N) is 1. The van der Waals surface area contributed by atoms with Gasteiger partial charge in [-0.25, -0.2) is 0 Å². The molecule has 0 aliphatic heterocycles. The standard InChI is InChI=1S/C9H21NO/c1-8(2)5-6-10(7-11)9(3)4/h8-9,11H,5-7H2,1-4H3. The van der Waals surface area contributed by atoms with Gasteiger partial charge in [0.25, 0.3) is 0 Å². The highest BCUT2D eigenvalue weighted by atomic mass is 16.3. The first-order valence-electron chi connectivity index (χ1n) is 4.42. The van der Waals surface area contributed by atoms with Gasteiger partial charge in [0, 0.05) is 12.6 Å².